The SMILES string of the molecule is C=C(NC)c1c(-c2ccc(F)cc2)oc2cc(N(CCO)S(C)(=O)=O)c(C3CC3)cc12. The number of aliphatic hydroxyl groups is 1. The van der Waals surface area contributed by atoms with E-state index in [-0.39, 0.29) is 24.9 Å². The number of anilines is 1. The summed E-state index contributed by atoms with van der Waals surface area (Å²) in [6.45, 7) is 3.77. The monoisotopic (exact) mass is 444 g/mol. The quantitative estimate of drug-likeness (QED) is 0.547. The van der Waals surface area contributed by atoms with Crippen LogP contribution in [0.15, 0.2) is 47.4 Å². The van der Waals surface area contributed by atoms with Crippen molar-refractivity contribution in [2.75, 3.05) is 30.8 Å². The van der Waals surface area contributed by atoms with Gasteiger partial charge in [-0.1, -0.05) is 6.58 Å². The zero-order chi connectivity index (χ0) is 22.3. The van der Waals surface area contributed by atoms with Crippen LogP contribution in [-0.4, -0.2) is 40.0 Å². The molecule has 0 radical (unpaired) electrons. The number of nitrogens with one attached hydrogen (secondary N) is 1. The third kappa shape index (κ3) is 4.05. The molecule has 1 fully saturated rings. The Morgan fingerprint density at radius 1 is 1.29 bits per heavy atom. The Kier molecular flexibility index (Phi) is 5.53. The van der Waals surface area contributed by atoms with Crippen molar-refractivity contribution in [1.82, 2.24) is 5.32 Å². The molecule has 0 amide bonds. The van der Waals surface area contributed by atoms with Gasteiger partial charge >= 0.3 is 0 Å². The van der Waals surface area contributed by atoms with E-state index in [1.807, 2.05) is 6.07 Å². The van der Waals surface area contributed by atoms with Gasteiger partial charge in [0.2, 0.25) is 10.0 Å². The summed E-state index contributed by atoms with van der Waals surface area (Å²) in [6, 6.07) is 9.68. The van der Waals surface area contributed by atoms with Crippen molar-refractivity contribution >= 4 is 32.4 Å². The highest BCUT2D eigenvalue weighted by Crippen LogP contribution is 2.48. The summed E-state index contributed by atoms with van der Waals surface area (Å²) in [6.07, 6.45) is 3.07. The minimum atomic E-state index is -3.60. The Bertz CT molecular complexity index is 1240. The van der Waals surface area contributed by atoms with E-state index < -0.39 is 10.0 Å². The number of sulfonamides is 1. The summed E-state index contributed by atoms with van der Waals surface area (Å²) >= 11 is 0. The predicted molar refractivity (Wildman–Crippen MR) is 121 cm³/mol. The maximum Gasteiger partial charge on any atom is 0.232 e. The van der Waals surface area contributed by atoms with Crippen LogP contribution in [0.2, 0.25) is 0 Å². The molecule has 1 aliphatic rings. The molecule has 0 aliphatic heterocycles. The second-order valence-corrected chi connectivity index (χ2v) is 9.69. The number of fused-ring (bicyclic) bond motifs is 1. The Labute approximate surface area is 181 Å². The van der Waals surface area contributed by atoms with Gasteiger partial charge in [0.05, 0.1) is 30.7 Å². The van der Waals surface area contributed by atoms with Gasteiger partial charge in [-0.15, -0.1) is 0 Å². The largest absolute Gasteiger partial charge is 0.455 e. The van der Waals surface area contributed by atoms with Gasteiger partial charge in [-0.3, -0.25) is 4.31 Å². The number of aliphatic hydroxyl groups excluding tert-OH is 1. The number of rotatable bonds is 8. The van der Waals surface area contributed by atoms with E-state index >= 15 is 0 Å². The Morgan fingerprint density at radius 2 is 1.97 bits per heavy atom. The molecule has 1 aliphatic carbocycles. The first-order chi connectivity index (χ1) is 14.7. The van der Waals surface area contributed by atoms with Crippen molar-refractivity contribution in [1.29, 1.82) is 0 Å². The molecule has 1 saturated carbocycles. The molecule has 1 aromatic heterocycles. The van der Waals surface area contributed by atoms with Gasteiger partial charge < -0.3 is 14.8 Å². The Morgan fingerprint density at radius 3 is 2.52 bits per heavy atom. The molecule has 0 unspecified atom stereocenters. The minimum Gasteiger partial charge on any atom is -0.455 e. The maximum atomic E-state index is 13.5. The first kappa shape index (κ1) is 21.4. The Hall–Kier alpha value is -2.84. The van der Waals surface area contributed by atoms with Crippen molar-refractivity contribution in [3.05, 3.63) is 59.9 Å². The van der Waals surface area contributed by atoms with Crippen molar-refractivity contribution in [3.8, 4) is 11.3 Å². The molecule has 0 spiro atoms. The smallest absolute Gasteiger partial charge is 0.232 e. The number of halogens is 1. The third-order valence-corrected chi connectivity index (χ3v) is 6.72. The lowest BCUT2D eigenvalue weighted by atomic mass is 9.99. The molecule has 31 heavy (non-hydrogen) atoms. The standard InChI is InChI=1S/C23H25FN2O4S/c1-14(25-2)22-19-12-18(15-4-5-15)20(26(10-11-27)31(3,28)29)13-21(19)30-23(22)16-6-8-17(24)9-7-16/h6-9,12-13,15,25,27H,1,4-5,10-11H2,2-3H3. The second kappa shape index (κ2) is 8.01. The maximum absolute atomic E-state index is 13.5. The van der Waals surface area contributed by atoms with Crippen LogP contribution in [0.25, 0.3) is 28.0 Å². The van der Waals surface area contributed by atoms with Crippen LogP contribution >= 0.6 is 0 Å². The van der Waals surface area contributed by atoms with E-state index in [4.69, 9.17) is 4.42 Å². The third-order valence-electron chi connectivity index (χ3n) is 5.54. The van der Waals surface area contributed by atoms with Crippen LogP contribution in [0, 0.1) is 5.82 Å². The first-order valence-corrected chi connectivity index (χ1v) is 11.9. The van der Waals surface area contributed by atoms with Crippen molar-refractivity contribution < 1.29 is 22.3 Å². The average Bonchev–Trinajstić information content (AvgIpc) is 3.51. The Balaban J connectivity index is 2.00. The van der Waals surface area contributed by atoms with Crippen LogP contribution in [0.4, 0.5) is 10.1 Å². The number of furan rings is 1. The molecule has 0 atom stereocenters. The summed E-state index contributed by atoms with van der Waals surface area (Å²) < 4.78 is 45.8. The van der Waals surface area contributed by atoms with Gasteiger partial charge in [0.1, 0.15) is 17.2 Å². The summed E-state index contributed by atoms with van der Waals surface area (Å²) in [5.41, 5.74) is 4.01. The number of benzene rings is 2. The summed E-state index contributed by atoms with van der Waals surface area (Å²) in [5.74, 6) is 0.434. The van der Waals surface area contributed by atoms with Crippen LogP contribution in [-0.2, 0) is 10.0 Å². The van der Waals surface area contributed by atoms with E-state index in [2.05, 4.69) is 11.9 Å². The number of hydrogen-bond acceptors (Lipinski definition) is 5. The molecule has 164 valence electrons. The zero-order valence-corrected chi connectivity index (χ0v) is 18.3. The molecule has 0 bridgehead atoms. The van der Waals surface area contributed by atoms with E-state index in [1.165, 1.54) is 16.4 Å². The lowest BCUT2D eigenvalue weighted by Crippen LogP contribution is -2.33. The molecule has 0 saturated heterocycles. The molecular weight excluding hydrogens is 419 g/mol. The minimum absolute atomic E-state index is 0.0360. The average molecular weight is 445 g/mol. The van der Waals surface area contributed by atoms with Crippen molar-refractivity contribution in [2.24, 2.45) is 0 Å². The van der Waals surface area contributed by atoms with Crippen LogP contribution in [0.3, 0.4) is 0 Å². The molecule has 2 aromatic carbocycles. The van der Waals surface area contributed by atoms with Gasteiger partial charge in [-0.05, 0) is 54.7 Å². The van der Waals surface area contributed by atoms with E-state index in [1.54, 1.807) is 25.2 Å². The fourth-order valence-electron chi connectivity index (χ4n) is 3.87. The molecular formula is C23H25FN2O4S. The van der Waals surface area contributed by atoms with Gasteiger partial charge in [-0.2, -0.15) is 0 Å². The summed E-state index contributed by atoms with van der Waals surface area (Å²) in [7, 11) is -1.84. The summed E-state index contributed by atoms with van der Waals surface area (Å²) in [4.78, 5) is 0. The van der Waals surface area contributed by atoms with Gasteiger partial charge in [-0.25, -0.2) is 12.8 Å². The first-order valence-electron chi connectivity index (χ1n) is 10.1. The molecule has 1 heterocycles. The highest BCUT2D eigenvalue weighted by atomic mass is 32.2. The molecule has 8 heteroatoms. The fraction of sp³-hybridized carbons (Fsp3) is 0.304. The molecule has 3 aromatic rings. The zero-order valence-electron chi connectivity index (χ0n) is 17.5. The van der Waals surface area contributed by atoms with E-state index in [0.717, 1.165) is 35.6 Å². The lowest BCUT2D eigenvalue weighted by molar-refractivity contribution is 0.306. The van der Waals surface area contributed by atoms with Crippen LogP contribution in [0.1, 0.15) is 29.9 Å². The van der Waals surface area contributed by atoms with Gasteiger partial charge in [0.25, 0.3) is 0 Å². The van der Waals surface area contributed by atoms with Gasteiger partial charge in [0, 0.05) is 29.8 Å². The highest BCUT2D eigenvalue weighted by molar-refractivity contribution is 7.92. The van der Waals surface area contributed by atoms with Crippen molar-refractivity contribution in [2.45, 2.75) is 18.8 Å². The topological polar surface area (TPSA) is 82.8 Å². The number of nitrogens with zero attached hydrogens (tertiary/aromatic N) is 1. The fourth-order valence-corrected chi connectivity index (χ4v) is 4.80. The van der Waals surface area contributed by atoms with Crippen molar-refractivity contribution in [3.63, 3.8) is 0 Å². The lowest BCUT2D eigenvalue weighted by Gasteiger charge is -2.24. The molecule has 6 nitrogen and oxygen atoms in total. The number of hydrogen-bond donors (Lipinski definition) is 2. The normalized spacial score (nSPS) is 14.1. The highest BCUT2D eigenvalue weighted by Gasteiger charge is 2.32. The second-order valence-electron chi connectivity index (χ2n) is 7.78. The van der Waals surface area contributed by atoms with Crippen LogP contribution < -0.4 is 9.62 Å². The van der Waals surface area contributed by atoms with E-state index in [0.29, 0.717) is 28.3 Å². The van der Waals surface area contributed by atoms with Gasteiger partial charge in [0.15, 0.2) is 0 Å². The molecule has 2 N–H and O–H groups in total. The van der Waals surface area contributed by atoms with Crippen LogP contribution in [0.5, 0.6) is 0 Å². The summed E-state index contributed by atoms with van der Waals surface area (Å²) in [5, 5.41) is 13.3. The van der Waals surface area contributed by atoms with E-state index in [9.17, 15) is 17.9 Å². The predicted octanol–water partition coefficient (Wildman–Crippen LogP) is 4.06. The molecule has 4 rings (SSSR count).